The largest absolute Gasteiger partial charge is 0.478 e. The first kappa shape index (κ1) is 26.1. The van der Waals surface area contributed by atoms with E-state index in [-0.39, 0.29) is 29.9 Å². The fourth-order valence-corrected chi connectivity index (χ4v) is 4.99. The number of hydrogen-bond acceptors (Lipinski definition) is 4. The number of hydrogen-bond donors (Lipinski definition) is 3. The van der Waals surface area contributed by atoms with E-state index in [4.69, 9.17) is 11.6 Å². The van der Waals surface area contributed by atoms with Crippen LogP contribution in [0.25, 0.3) is 10.8 Å². The first-order valence-corrected chi connectivity index (χ1v) is 12.7. The van der Waals surface area contributed by atoms with Gasteiger partial charge in [0.15, 0.2) is 5.15 Å². The summed E-state index contributed by atoms with van der Waals surface area (Å²) in [6.45, 7) is 6.88. The third-order valence-electron chi connectivity index (χ3n) is 6.20. The van der Waals surface area contributed by atoms with Crippen molar-refractivity contribution in [2.75, 3.05) is 5.75 Å². The van der Waals surface area contributed by atoms with E-state index in [1.54, 1.807) is 6.07 Å². The van der Waals surface area contributed by atoms with Crippen LogP contribution >= 0.6 is 24.2 Å². The van der Waals surface area contributed by atoms with Crippen molar-refractivity contribution in [3.63, 3.8) is 0 Å². The Kier molecular flexibility index (Phi) is 9.03. The predicted octanol–water partition coefficient (Wildman–Crippen LogP) is 5.60. The van der Waals surface area contributed by atoms with Crippen LogP contribution in [0.4, 0.5) is 0 Å². The second-order valence-electron chi connectivity index (χ2n) is 8.83. The molecule has 0 aliphatic carbocycles. The molecule has 0 aliphatic rings. The lowest BCUT2D eigenvalue weighted by molar-refractivity contribution is -0.125. The summed E-state index contributed by atoms with van der Waals surface area (Å²) in [5.74, 6) is 0.310. The number of carbonyl (C=O) groups is 2. The number of carboxylic acids is 1. The van der Waals surface area contributed by atoms with E-state index in [1.165, 1.54) is 0 Å². The fourth-order valence-electron chi connectivity index (χ4n) is 4.14. The zero-order valence-corrected chi connectivity index (χ0v) is 21.5. The van der Waals surface area contributed by atoms with E-state index in [0.29, 0.717) is 22.8 Å². The highest BCUT2D eigenvalue weighted by atomic mass is 35.5. The van der Waals surface area contributed by atoms with E-state index >= 15 is 0 Å². The molecule has 3 rings (SSSR count). The monoisotopic (exact) mass is 501 g/mol. The second-order valence-corrected chi connectivity index (χ2v) is 9.55. The molecule has 6 nitrogen and oxygen atoms in total. The second kappa shape index (κ2) is 11.8. The maximum absolute atomic E-state index is 12.7. The molecule has 0 aliphatic heterocycles. The Morgan fingerprint density at radius 1 is 1.18 bits per heavy atom. The SMILES string of the molecule is CCCCc1nc(Cl)c(CNC(=O)C(CS)C(C)C)n1Cc1ccc(C(=O)O)c2ccccc12. The van der Waals surface area contributed by atoms with Gasteiger partial charge < -0.3 is 15.0 Å². The van der Waals surface area contributed by atoms with Crippen molar-refractivity contribution in [1.29, 1.82) is 0 Å². The molecule has 0 spiro atoms. The van der Waals surface area contributed by atoms with Gasteiger partial charge in [-0.1, -0.05) is 69.1 Å². The van der Waals surface area contributed by atoms with E-state index in [9.17, 15) is 14.7 Å². The number of amides is 1. The van der Waals surface area contributed by atoms with E-state index in [2.05, 4.69) is 34.4 Å². The van der Waals surface area contributed by atoms with Crippen LogP contribution in [0.1, 0.15) is 61.1 Å². The summed E-state index contributed by atoms with van der Waals surface area (Å²) in [6.07, 6.45) is 2.75. The minimum atomic E-state index is -0.954. The van der Waals surface area contributed by atoms with Crippen molar-refractivity contribution in [1.82, 2.24) is 14.9 Å². The maximum Gasteiger partial charge on any atom is 0.336 e. The summed E-state index contributed by atoms with van der Waals surface area (Å²) in [7, 11) is 0. The first-order chi connectivity index (χ1) is 16.3. The Labute approximate surface area is 211 Å². The average molecular weight is 502 g/mol. The van der Waals surface area contributed by atoms with Crippen molar-refractivity contribution in [3.8, 4) is 0 Å². The third kappa shape index (κ3) is 5.76. The molecule has 1 aromatic heterocycles. The zero-order valence-electron chi connectivity index (χ0n) is 19.8. The molecule has 0 saturated heterocycles. The fraction of sp³-hybridized carbons (Fsp3) is 0.423. The van der Waals surface area contributed by atoms with Crippen LogP contribution in [0.3, 0.4) is 0 Å². The number of thiol groups is 1. The number of unbranched alkanes of at least 4 members (excludes halogenated alkanes) is 1. The number of aromatic nitrogens is 2. The van der Waals surface area contributed by atoms with Crippen LogP contribution in [0.5, 0.6) is 0 Å². The van der Waals surface area contributed by atoms with Gasteiger partial charge in [-0.05, 0) is 34.7 Å². The molecular weight excluding hydrogens is 470 g/mol. The molecule has 1 heterocycles. The van der Waals surface area contributed by atoms with Gasteiger partial charge in [0.2, 0.25) is 5.91 Å². The Morgan fingerprint density at radius 2 is 1.88 bits per heavy atom. The van der Waals surface area contributed by atoms with Crippen LogP contribution in [-0.4, -0.2) is 32.3 Å². The molecule has 0 fully saturated rings. The Balaban J connectivity index is 1.99. The van der Waals surface area contributed by atoms with Crippen molar-refractivity contribution < 1.29 is 14.7 Å². The lowest BCUT2D eigenvalue weighted by Crippen LogP contribution is -2.34. The number of nitrogens with one attached hydrogen (secondary N) is 1. The number of benzene rings is 2. The summed E-state index contributed by atoms with van der Waals surface area (Å²) in [5, 5.41) is 14.6. The average Bonchev–Trinajstić information content (AvgIpc) is 3.10. The molecule has 182 valence electrons. The summed E-state index contributed by atoms with van der Waals surface area (Å²) < 4.78 is 2.06. The van der Waals surface area contributed by atoms with E-state index in [0.717, 1.165) is 41.7 Å². The normalized spacial score (nSPS) is 12.3. The predicted molar refractivity (Wildman–Crippen MR) is 140 cm³/mol. The van der Waals surface area contributed by atoms with Gasteiger partial charge in [-0.15, -0.1) is 0 Å². The number of aromatic carboxylic acids is 1. The minimum absolute atomic E-state index is 0.0554. The third-order valence-corrected chi connectivity index (χ3v) is 6.89. The van der Waals surface area contributed by atoms with Crippen molar-refractivity contribution in [3.05, 3.63) is 64.2 Å². The molecule has 2 N–H and O–H groups in total. The molecule has 3 aromatic rings. The van der Waals surface area contributed by atoms with Crippen LogP contribution < -0.4 is 5.32 Å². The highest BCUT2D eigenvalue weighted by Gasteiger charge is 2.23. The molecule has 34 heavy (non-hydrogen) atoms. The smallest absolute Gasteiger partial charge is 0.336 e. The summed E-state index contributed by atoms with van der Waals surface area (Å²) in [4.78, 5) is 29.1. The van der Waals surface area contributed by atoms with Gasteiger partial charge in [-0.2, -0.15) is 12.6 Å². The summed E-state index contributed by atoms with van der Waals surface area (Å²) >= 11 is 10.9. The molecule has 2 aromatic carbocycles. The van der Waals surface area contributed by atoms with Crippen molar-refractivity contribution in [2.45, 2.75) is 53.1 Å². The molecule has 1 unspecified atom stereocenters. The molecule has 1 amide bonds. The molecular formula is C26H32ClN3O3S. The topological polar surface area (TPSA) is 84.2 Å². The molecule has 0 saturated carbocycles. The highest BCUT2D eigenvalue weighted by Crippen LogP contribution is 2.27. The van der Waals surface area contributed by atoms with Gasteiger partial charge in [-0.3, -0.25) is 4.79 Å². The number of carboxylic acid groups (broad SMARTS) is 1. The number of nitrogens with zero attached hydrogens (tertiary/aromatic N) is 2. The molecule has 0 radical (unpaired) electrons. The first-order valence-electron chi connectivity index (χ1n) is 11.6. The number of carbonyl (C=O) groups excluding carboxylic acids is 1. The van der Waals surface area contributed by atoms with Gasteiger partial charge in [0.1, 0.15) is 5.82 Å². The van der Waals surface area contributed by atoms with Crippen molar-refractivity contribution >= 4 is 46.9 Å². The zero-order chi connectivity index (χ0) is 24.8. The molecule has 0 bridgehead atoms. The van der Waals surface area contributed by atoms with Gasteiger partial charge >= 0.3 is 5.97 Å². The minimum Gasteiger partial charge on any atom is -0.478 e. The summed E-state index contributed by atoms with van der Waals surface area (Å²) in [6, 6.07) is 11.0. The van der Waals surface area contributed by atoms with Crippen molar-refractivity contribution in [2.24, 2.45) is 11.8 Å². The number of fused-ring (bicyclic) bond motifs is 1. The number of aryl methyl sites for hydroxylation is 1. The number of rotatable bonds is 11. The van der Waals surface area contributed by atoms with E-state index < -0.39 is 5.97 Å². The highest BCUT2D eigenvalue weighted by molar-refractivity contribution is 7.80. The maximum atomic E-state index is 12.7. The van der Waals surface area contributed by atoms with Crippen LogP contribution in [0, 0.1) is 11.8 Å². The van der Waals surface area contributed by atoms with E-state index in [1.807, 2.05) is 44.2 Å². The number of halogens is 1. The lowest BCUT2D eigenvalue weighted by Gasteiger charge is -2.19. The lowest BCUT2D eigenvalue weighted by atomic mass is 9.97. The van der Waals surface area contributed by atoms with Crippen LogP contribution in [-0.2, 0) is 24.3 Å². The van der Waals surface area contributed by atoms with Gasteiger partial charge in [-0.25, -0.2) is 9.78 Å². The Morgan fingerprint density at radius 3 is 2.50 bits per heavy atom. The number of imidazole rings is 1. The van der Waals surface area contributed by atoms with Gasteiger partial charge in [0, 0.05) is 24.6 Å². The van der Waals surface area contributed by atoms with Gasteiger partial charge in [0.05, 0.1) is 17.8 Å². The molecule has 1 atom stereocenters. The Bertz CT molecular complexity index is 1180. The molecule has 8 heteroatoms. The Hall–Kier alpha value is -2.51. The summed E-state index contributed by atoms with van der Waals surface area (Å²) in [5.41, 5.74) is 1.98. The standard InChI is InChI=1S/C26H32ClN3O3S/c1-4-5-10-23-29-24(27)22(13-28-25(31)21(15-34)16(2)3)30(23)14-17-11-12-20(26(32)33)19-9-7-6-8-18(17)19/h6-9,11-12,16,21,34H,4-5,10,13-15H2,1-3H3,(H,28,31)(H,32,33). The van der Waals surface area contributed by atoms with Crippen LogP contribution in [0.15, 0.2) is 36.4 Å². The van der Waals surface area contributed by atoms with Crippen LogP contribution in [0.2, 0.25) is 5.15 Å². The quantitative estimate of drug-likeness (QED) is 0.299. The van der Waals surface area contributed by atoms with Gasteiger partial charge in [0.25, 0.3) is 0 Å².